The van der Waals surface area contributed by atoms with Crippen LogP contribution in [0.2, 0.25) is 0 Å². The quantitative estimate of drug-likeness (QED) is 0.722. The standard InChI is InChI=1S/C14H27N3O/c1-4-13(2,3)16-12(18)17-14-8-6-5-7-11(14)15-10-9-14/h11,15H,4-10H2,1-3H3,(H2,16,17,18). The highest BCUT2D eigenvalue weighted by atomic mass is 16.2. The van der Waals surface area contributed by atoms with Crippen LogP contribution in [0.25, 0.3) is 0 Å². The van der Waals surface area contributed by atoms with Crippen LogP contribution in [0.3, 0.4) is 0 Å². The Bertz CT molecular complexity index is 316. The number of carbonyl (C=O) groups is 1. The molecule has 2 unspecified atom stereocenters. The SMILES string of the molecule is CCC(C)(C)NC(=O)NC12CCCCC1NCC2. The number of nitrogens with one attached hydrogen (secondary N) is 3. The van der Waals surface area contributed by atoms with Gasteiger partial charge in [0.1, 0.15) is 0 Å². The van der Waals surface area contributed by atoms with Crippen LogP contribution in [0.4, 0.5) is 4.79 Å². The second-order valence-electron chi connectivity index (χ2n) is 6.48. The molecule has 0 aromatic heterocycles. The molecular weight excluding hydrogens is 226 g/mol. The minimum absolute atomic E-state index is 0.00236. The number of hydrogen-bond donors (Lipinski definition) is 3. The van der Waals surface area contributed by atoms with E-state index in [1.165, 1.54) is 19.3 Å². The van der Waals surface area contributed by atoms with Gasteiger partial charge >= 0.3 is 6.03 Å². The van der Waals surface area contributed by atoms with Gasteiger partial charge in [0, 0.05) is 11.6 Å². The summed E-state index contributed by atoms with van der Waals surface area (Å²) in [5.74, 6) is 0. The van der Waals surface area contributed by atoms with Crippen molar-refractivity contribution in [1.29, 1.82) is 0 Å². The summed E-state index contributed by atoms with van der Waals surface area (Å²) in [7, 11) is 0. The first kappa shape index (κ1) is 13.7. The maximum Gasteiger partial charge on any atom is 0.315 e. The summed E-state index contributed by atoms with van der Waals surface area (Å²) >= 11 is 0. The van der Waals surface area contributed by atoms with Gasteiger partial charge in [-0.05, 0) is 46.1 Å². The van der Waals surface area contributed by atoms with Crippen LogP contribution in [0.15, 0.2) is 0 Å². The Morgan fingerprint density at radius 1 is 1.39 bits per heavy atom. The van der Waals surface area contributed by atoms with E-state index in [1.807, 2.05) is 0 Å². The van der Waals surface area contributed by atoms with E-state index in [0.717, 1.165) is 25.8 Å². The first-order chi connectivity index (χ1) is 8.47. The van der Waals surface area contributed by atoms with Gasteiger partial charge in [-0.1, -0.05) is 19.8 Å². The highest BCUT2D eigenvalue weighted by Gasteiger charge is 2.45. The van der Waals surface area contributed by atoms with E-state index in [2.05, 4.69) is 36.7 Å². The number of amides is 2. The molecule has 0 bridgehead atoms. The lowest BCUT2D eigenvalue weighted by Gasteiger charge is -2.40. The van der Waals surface area contributed by atoms with Gasteiger partial charge in [-0.3, -0.25) is 0 Å². The van der Waals surface area contributed by atoms with Crippen molar-refractivity contribution in [3.05, 3.63) is 0 Å². The number of fused-ring (bicyclic) bond motifs is 1. The molecule has 1 aliphatic heterocycles. The molecule has 2 amide bonds. The summed E-state index contributed by atoms with van der Waals surface area (Å²) in [4.78, 5) is 12.2. The van der Waals surface area contributed by atoms with Crippen LogP contribution in [-0.2, 0) is 0 Å². The summed E-state index contributed by atoms with van der Waals surface area (Å²) in [5, 5.41) is 9.89. The Morgan fingerprint density at radius 2 is 2.17 bits per heavy atom. The second-order valence-corrected chi connectivity index (χ2v) is 6.48. The topological polar surface area (TPSA) is 53.2 Å². The van der Waals surface area contributed by atoms with Crippen molar-refractivity contribution >= 4 is 6.03 Å². The van der Waals surface area contributed by atoms with Crippen molar-refractivity contribution < 1.29 is 4.79 Å². The fourth-order valence-corrected chi connectivity index (χ4v) is 3.17. The molecule has 18 heavy (non-hydrogen) atoms. The van der Waals surface area contributed by atoms with Gasteiger partial charge in [0.25, 0.3) is 0 Å². The van der Waals surface area contributed by atoms with Gasteiger partial charge in [-0.2, -0.15) is 0 Å². The van der Waals surface area contributed by atoms with E-state index in [1.54, 1.807) is 0 Å². The molecule has 2 fully saturated rings. The molecule has 4 nitrogen and oxygen atoms in total. The van der Waals surface area contributed by atoms with E-state index in [9.17, 15) is 4.79 Å². The number of rotatable bonds is 3. The summed E-state index contributed by atoms with van der Waals surface area (Å²) < 4.78 is 0. The molecule has 0 spiro atoms. The van der Waals surface area contributed by atoms with E-state index in [4.69, 9.17) is 0 Å². The van der Waals surface area contributed by atoms with Crippen LogP contribution >= 0.6 is 0 Å². The average molecular weight is 253 g/mol. The summed E-state index contributed by atoms with van der Waals surface area (Å²) in [6.45, 7) is 7.26. The van der Waals surface area contributed by atoms with Crippen LogP contribution in [0.1, 0.15) is 59.3 Å². The Balaban J connectivity index is 1.97. The number of carbonyl (C=O) groups excluding carboxylic acids is 1. The van der Waals surface area contributed by atoms with Gasteiger partial charge in [-0.15, -0.1) is 0 Å². The van der Waals surface area contributed by atoms with Crippen LogP contribution in [0, 0.1) is 0 Å². The highest BCUT2D eigenvalue weighted by molar-refractivity contribution is 5.75. The van der Waals surface area contributed by atoms with Crippen molar-refractivity contribution in [3.63, 3.8) is 0 Å². The van der Waals surface area contributed by atoms with E-state index >= 15 is 0 Å². The molecule has 2 rings (SSSR count). The third-order valence-electron chi connectivity index (χ3n) is 4.69. The fraction of sp³-hybridized carbons (Fsp3) is 0.929. The third-order valence-corrected chi connectivity index (χ3v) is 4.69. The molecule has 0 aromatic rings. The molecule has 1 saturated carbocycles. The predicted molar refractivity (Wildman–Crippen MR) is 73.6 cm³/mol. The van der Waals surface area contributed by atoms with Gasteiger partial charge in [-0.25, -0.2) is 4.79 Å². The molecule has 4 heteroatoms. The first-order valence-electron chi connectivity index (χ1n) is 7.31. The smallest absolute Gasteiger partial charge is 0.315 e. The Hall–Kier alpha value is -0.770. The molecule has 3 N–H and O–H groups in total. The molecule has 1 aliphatic carbocycles. The lowest BCUT2D eigenvalue weighted by atomic mass is 9.78. The Kier molecular flexibility index (Phi) is 3.85. The Labute approximate surface area is 110 Å². The maximum atomic E-state index is 12.2. The van der Waals surface area contributed by atoms with Crippen molar-refractivity contribution in [3.8, 4) is 0 Å². The molecule has 2 aliphatic rings. The highest BCUT2D eigenvalue weighted by Crippen LogP contribution is 2.34. The van der Waals surface area contributed by atoms with Crippen molar-refractivity contribution in [2.45, 2.75) is 76.4 Å². The molecule has 1 heterocycles. The molecule has 0 aromatic carbocycles. The number of hydrogen-bond acceptors (Lipinski definition) is 2. The van der Waals surface area contributed by atoms with Crippen LogP contribution < -0.4 is 16.0 Å². The zero-order valence-electron chi connectivity index (χ0n) is 11.9. The maximum absolute atomic E-state index is 12.2. The minimum atomic E-state index is -0.128. The summed E-state index contributed by atoms with van der Waals surface area (Å²) in [6, 6.07) is 0.471. The van der Waals surface area contributed by atoms with E-state index in [0.29, 0.717) is 6.04 Å². The van der Waals surface area contributed by atoms with Crippen molar-refractivity contribution in [2.75, 3.05) is 6.54 Å². The van der Waals surface area contributed by atoms with Crippen molar-refractivity contribution in [2.24, 2.45) is 0 Å². The third kappa shape index (κ3) is 2.79. The minimum Gasteiger partial charge on any atom is -0.333 e. The molecule has 104 valence electrons. The lowest BCUT2D eigenvalue weighted by Crippen LogP contribution is -2.61. The normalized spacial score (nSPS) is 31.8. The monoisotopic (exact) mass is 253 g/mol. The second kappa shape index (κ2) is 5.08. The van der Waals surface area contributed by atoms with Crippen LogP contribution in [0.5, 0.6) is 0 Å². The van der Waals surface area contributed by atoms with Crippen LogP contribution in [-0.4, -0.2) is 29.7 Å². The van der Waals surface area contributed by atoms with Crippen molar-refractivity contribution in [1.82, 2.24) is 16.0 Å². The summed E-state index contributed by atoms with van der Waals surface area (Å²) in [5.41, 5.74) is -0.122. The molecule has 2 atom stereocenters. The van der Waals surface area contributed by atoms with Gasteiger partial charge in [0.05, 0.1) is 5.54 Å². The van der Waals surface area contributed by atoms with Gasteiger partial charge in [0.15, 0.2) is 0 Å². The lowest BCUT2D eigenvalue weighted by molar-refractivity contribution is 0.186. The first-order valence-corrected chi connectivity index (χ1v) is 7.31. The zero-order chi connectivity index (χ0) is 13.2. The largest absolute Gasteiger partial charge is 0.333 e. The molecular formula is C14H27N3O. The molecule has 0 radical (unpaired) electrons. The van der Waals surface area contributed by atoms with E-state index in [-0.39, 0.29) is 17.1 Å². The number of urea groups is 1. The zero-order valence-corrected chi connectivity index (χ0v) is 11.9. The fourth-order valence-electron chi connectivity index (χ4n) is 3.17. The van der Waals surface area contributed by atoms with E-state index < -0.39 is 0 Å². The van der Waals surface area contributed by atoms with Gasteiger partial charge < -0.3 is 16.0 Å². The average Bonchev–Trinajstić information content (AvgIpc) is 2.71. The molecule has 1 saturated heterocycles. The van der Waals surface area contributed by atoms with Gasteiger partial charge in [0.2, 0.25) is 0 Å². The summed E-state index contributed by atoms with van der Waals surface area (Å²) in [6.07, 6.45) is 6.83. The predicted octanol–water partition coefficient (Wildman–Crippen LogP) is 2.15. The Morgan fingerprint density at radius 3 is 2.89 bits per heavy atom.